The normalized spacial score (nSPS) is 11.9. The van der Waals surface area contributed by atoms with Crippen LogP contribution in [-0.2, 0) is 6.18 Å². The van der Waals surface area contributed by atoms with Crippen molar-refractivity contribution in [3.8, 4) is 0 Å². The average Bonchev–Trinajstić information content (AvgIpc) is 2.55. The van der Waals surface area contributed by atoms with Crippen molar-refractivity contribution in [3.63, 3.8) is 0 Å². The van der Waals surface area contributed by atoms with Gasteiger partial charge >= 0.3 is 6.18 Å². The molecule has 0 saturated carbocycles. The maximum atomic E-state index is 12.5. The summed E-state index contributed by atoms with van der Waals surface area (Å²) in [6.07, 6.45) is -3.52. The van der Waals surface area contributed by atoms with Crippen LogP contribution in [-0.4, -0.2) is 10.9 Å². The van der Waals surface area contributed by atoms with E-state index in [0.717, 1.165) is 0 Å². The van der Waals surface area contributed by atoms with E-state index in [0.29, 0.717) is 0 Å². The zero-order chi connectivity index (χ0) is 11.9. The maximum Gasteiger partial charge on any atom is 0.450 e. The van der Waals surface area contributed by atoms with Crippen LogP contribution in [0.4, 0.5) is 13.2 Å². The van der Waals surface area contributed by atoms with Gasteiger partial charge in [-0.1, -0.05) is 0 Å². The highest BCUT2D eigenvalue weighted by atomic mass is 19.4. The van der Waals surface area contributed by atoms with E-state index < -0.39 is 23.4 Å². The van der Waals surface area contributed by atoms with Crippen LogP contribution >= 0.6 is 0 Å². The molecule has 0 unspecified atom stereocenters. The van der Waals surface area contributed by atoms with Crippen molar-refractivity contribution in [1.29, 1.82) is 0 Å². The molecular weight excluding hydrogens is 225 g/mol. The molecule has 0 atom stereocenters. The smallest absolute Gasteiger partial charge is 0.449 e. The van der Waals surface area contributed by atoms with Gasteiger partial charge in [-0.2, -0.15) is 13.2 Å². The Morgan fingerprint density at radius 3 is 2.69 bits per heavy atom. The first-order valence-corrected chi connectivity index (χ1v) is 4.16. The lowest BCUT2D eigenvalue weighted by atomic mass is 10.2. The van der Waals surface area contributed by atoms with E-state index in [9.17, 15) is 18.0 Å². The van der Waals surface area contributed by atoms with Gasteiger partial charge in [0.1, 0.15) is 11.1 Å². The van der Waals surface area contributed by atoms with Crippen LogP contribution in [0.25, 0.3) is 11.1 Å². The molecule has 0 aliphatic heterocycles. The van der Waals surface area contributed by atoms with Crippen LogP contribution in [0, 0.1) is 0 Å². The number of amides is 1. The second kappa shape index (κ2) is 3.22. The van der Waals surface area contributed by atoms with Gasteiger partial charge in [-0.3, -0.25) is 9.78 Å². The Balaban J connectivity index is 2.84. The second-order valence-corrected chi connectivity index (χ2v) is 3.02. The molecule has 1 amide bonds. The number of carbonyl (C=O) groups is 1. The lowest BCUT2D eigenvalue weighted by Crippen LogP contribution is -2.17. The van der Waals surface area contributed by atoms with E-state index in [4.69, 9.17) is 5.73 Å². The molecule has 2 rings (SSSR count). The van der Waals surface area contributed by atoms with Gasteiger partial charge in [-0.05, 0) is 12.1 Å². The summed E-state index contributed by atoms with van der Waals surface area (Å²) in [4.78, 5) is 14.6. The fourth-order valence-electron chi connectivity index (χ4n) is 1.36. The largest absolute Gasteiger partial charge is 0.450 e. The van der Waals surface area contributed by atoms with Gasteiger partial charge in [0.05, 0.1) is 0 Å². The van der Waals surface area contributed by atoms with E-state index >= 15 is 0 Å². The maximum absolute atomic E-state index is 12.5. The first-order valence-electron chi connectivity index (χ1n) is 4.16. The fourth-order valence-corrected chi connectivity index (χ4v) is 1.36. The summed E-state index contributed by atoms with van der Waals surface area (Å²) in [5.74, 6) is -2.63. The van der Waals surface area contributed by atoms with Gasteiger partial charge in [-0.15, -0.1) is 0 Å². The molecule has 2 N–H and O–H groups in total. The van der Waals surface area contributed by atoms with Crippen LogP contribution in [0.1, 0.15) is 16.1 Å². The quantitative estimate of drug-likeness (QED) is 0.813. The number of primary amides is 1. The van der Waals surface area contributed by atoms with E-state index in [1.807, 2.05) is 0 Å². The molecule has 2 heterocycles. The molecule has 16 heavy (non-hydrogen) atoms. The van der Waals surface area contributed by atoms with Crippen molar-refractivity contribution in [2.45, 2.75) is 6.18 Å². The summed E-state index contributed by atoms with van der Waals surface area (Å²) in [6.45, 7) is 0. The number of furan rings is 1. The molecule has 0 aliphatic rings. The Labute approximate surface area is 86.9 Å². The number of hydrogen-bond acceptors (Lipinski definition) is 3. The van der Waals surface area contributed by atoms with E-state index in [1.54, 1.807) is 0 Å². The Morgan fingerprint density at radius 1 is 1.44 bits per heavy atom. The van der Waals surface area contributed by atoms with Gasteiger partial charge in [0.2, 0.25) is 5.76 Å². The summed E-state index contributed by atoms with van der Waals surface area (Å²) in [7, 11) is 0. The first kappa shape index (κ1) is 10.5. The third-order valence-corrected chi connectivity index (χ3v) is 1.95. The van der Waals surface area contributed by atoms with Gasteiger partial charge < -0.3 is 10.2 Å². The lowest BCUT2D eigenvalue weighted by molar-refractivity contribution is -0.152. The summed E-state index contributed by atoms with van der Waals surface area (Å²) in [6, 6.07) is 2.68. The minimum absolute atomic E-state index is 0.122. The monoisotopic (exact) mass is 230 g/mol. The molecule has 0 saturated heterocycles. The number of carbonyl (C=O) groups excluding carboxylic acids is 1. The third kappa shape index (κ3) is 1.50. The molecule has 0 radical (unpaired) electrons. The topological polar surface area (TPSA) is 69.1 Å². The molecule has 0 fully saturated rings. The number of alkyl halides is 3. The number of aromatic nitrogens is 1. The van der Waals surface area contributed by atoms with Gasteiger partial charge in [-0.25, -0.2) is 0 Å². The molecule has 7 heteroatoms. The van der Waals surface area contributed by atoms with Crippen molar-refractivity contribution in [2.24, 2.45) is 5.73 Å². The van der Waals surface area contributed by atoms with Gasteiger partial charge in [0.25, 0.3) is 5.91 Å². The first-order chi connectivity index (χ1) is 7.41. The Kier molecular flexibility index (Phi) is 2.11. The summed E-state index contributed by atoms with van der Waals surface area (Å²) in [5.41, 5.74) is 3.85. The fraction of sp³-hybridized carbons (Fsp3) is 0.111. The zero-order valence-electron chi connectivity index (χ0n) is 7.71. The van der Waals surface area contributed by atoms with Crippen molar-refractivity contribution >= 4 is 17.0 Å². The Hall–Kier alpha value is -2.05. The third-order valence-electron chi connectivity index (χ3n) is 1.95. The Bertz CT molecular complexity index is 559. The predicted octanol–water partition coefficient (Wildman–Crippen LogP) is 1.95. The van der Waals surface area contributed by atoms with Crippen molar-refractivity contribution in [2.75, 3.05) is 0 Å². The van der Waals surface area contributed by atoms with E-state index in [1.165, 1.54) is 18.3 Å². The number of nitrogens with zero attached hydrogens (tertiary/aromatic N) is 1. The number of fused-ring (bicyclic) bond motifs is 1. The highest BCUT2D eigenvalue weighted by Gasteiger charge is 2.41. The van der Waals surface area contributed by atoms with Crippen LogP contribution in [0.15, 0.2) is 22.7 Å². The molecule has 0 aliphatic carbocycles. The molecule has 0 aromatic carbocycles. The molecule has 0 bridgehead atoms. The Morgan fingerprint density at radius 2 is 2.12 bits per heavy atom. The van der Waals surface area contributed by atoms with Gasteiger partial charge in [0, 0.05) is 6.20 Å². The molecule has 2 aromatic rings. The standard InChI is InChI=1S/C9H5F3N2O2/c10-9(11,12)7-5(8(13)15)6-4(16-7)2-1-3-14-6/h1-3H,(H2,13,15). The predicted molar refractivity (Wildman–Crippen MR) is 47.5 cm³/mol. The van der Waals surface area contributed by atoms with E-state index in [-0.39, 0.29) is 11.1 Å². The van der Waals surface area contributed by atoms with Crippen molar-refractivity contribution < 1.29 is 22.4 Å². The molecule has 0 spiro atoms. The van der Waals surface area contributed by atoms with Gasteiger partial charge in [0.15, 0.2) is 5.58 Å². The molecular formula is C9H5F3N2O2. The lowest BCUT2D eigenvalue weighted by Gasteiger charge is -2.02. The highest BCUT2D eigenvalue weighted by molar-refractivity contribution is 6.05. The summed E-state index contributed by atoms with van der Waals surface area (Å²) >= 11 is 0. The van der Waals surface area contributed by atoms with Crippen molar-refractivity contribution in [1.82, 2.24) is 4.98 Å². The van der Waals surface area contributed by atoms with Crippen molar-refractivity contribution in [3.05, 3.63) is 29.7 Å². The number of nitrogens with two attached hydrogens (primary N) is 1. The van der Waals surface area contributed by atoms with Crippen LogP contribution in [0.2, 0.25) is 0 Å². The van der Waals surface area contributed by atoms with Crippen LogP contribution in [0.3, 0.4) is 0 Å². The number of hydrogen-bond donors (Lipinski definition) is 1. The van der Waals surface area contributed by atoms with Crippen LogP contribution in [0.5, 0.6) is 0 Å². The minimum atomic E-state index is -4.77. The molecule has 4 nitrogen and oxygen atoms in total. The second-order valence-electron chi connectivity index (χ2n) is 3.02. The average molecular weight is 230 g/mol. The summed E-state index contributed by atoms with van der Waals surface area (Å²) in [5, 5.41) is 0. The molecule has 2 aromatic heterocycles. The van der Waals surface area contributed by atoms with Crippen LogP contribution < -0.4 is 5.73 Å². The highest BCUT2D eigenvalue weighted by Crippen LogP contribution is 2.36. The number of pyridine rings is 1. The summed E-state index contributed by atoms with van der Waals surface area (Å²) < 4.78 is 42.1. The number of halogens is 3. The zero-order valence-corrected chi connectivity index (χ0v) is 7.71. The SMILES string of the molecule is NC(=O)c1c(C(F)(F)F)oc2cccnc12. The van der Waals surface area contributed by atoms with E-state index in [2.05, 4.69) is 9.40 Å². The number of rotatable bonds is 1. The molecule has 84 valence electrons. The minimum Gasteiger partial charge on any atom is -0.449 e.